The summed E-state index contributed by atoms with van der Waals surface area (Å²) in [7, 11) is 2.20. The van der Waals surface area contributed by atoms with Crippen LogP contribution in [0.4, 0.5) is 0 Å². The number of benzene rings is 9. The number of hydrogen-bond acceptors (Lipinski definition) is 5. The van der Waals surface area contributed by atoms with Crippen LogP contribution in [0.15, 0.2) is 176 Å². The number of aryl methyl sites for hydroxylation is 1. The standard InChI is InChI=1S/C30H15ClN2S2.C23H15NS.C4H8.CH3Cl/c31-30-32-26(16-13-14-24-22(15-16)19-9-5-6-12-23(19)34-24)29-27(33-30)25-20-10-3-1-7-17(20)18-8-2-4-11-21(18)28(25)35-29;1-24-18-12-6-4-10-16(18)20-14-8-2-3-9-15(14)23-21(22(20)24)17-11-5-7-13-19(17)25-23;1-3-4-2;1-2/h1-15H;2-13H,1H3;3-4H,1-2H3;1H3/b;;4-3-;. The Labute approximate surface area is 403 Å². The van der Waals surface area contributed by atoms with Crippen LogP contribution in [-0.4, -0.2) is 20.9 Å². The number of aromatic nitrogens is 3. The van der Waals surface area contributed by atoms with Crippen molar-refractivity contribution in [2.75, 3.05) is 6.38 Å². The molecule has 0 aliphatic heterocycles. The zero-order valence-electron chi connectivity index (χ0n) is 36.6. The van der Waals surface area contributed by atoms with E-state index in [9.17, 15) is 0 Å². The molecular weight excluding hydrogens is 906 g/mol. The number of rotatable bonds is 1. The number of para-hydroxylation sites is 1. The summed E-state index contributed by atoms with van der Waals surface area (Å²) in [4.78, 5) is 9.54. The normalized spacial score (nSPS) is 11.7. The SMILES string of the molecule is C/C=C\C.CCl.Clc1nc(-c2ccc3sc4ccccc4c3c2)c2sc3c4ccccc4c4ccccc4c3c2n1.Cn1c2ccccc2c2c3ccccc3c3sc4ccccc4c3c21. The first-order valence-electron chi connectivity index (χ1n) is 21.8. The molecule has 66 heavy (non-hydrogen) atoms. The van der Waals surface area contributed by atoms with Gasteiger partial charge >= 0.3 is 0 Å². The maximum atomic E-state index is 6.58. The van der Waals surface area contributed by atoms with E-state index >= 15 is 0 Å². The molecule has 0 saturated carbocycles. The molecule has 0 spiro atoms. The molecule has 0 N–H and O–H groups in total. The van der Waals surface area contributed by atoms with Gasteiger partial charge in [-0.1, -0.05) is 146 Å². The van der Waals surface area contributed by atoms with Gasteiger partial charge in [-0.25, -0.2) is 9.97 Å². The highest BCUT2D eigenvalue weighted by Gasteiger charge is 2.21. The number of allylic oxidation sites excluding steroid dienone is 2. The maximum Gasteiger partial charge on any atom is 0.223 e. The molecule has 5 aromatic heterocycles. The first-order chi connectivity index (χ1) is 32.5. The minimum Gasteiger partial charge on any atom is -0.343 e. The first-order valence-corrected chi connectivity index (χ1v) is 25.4. The molecule has 320 valence electrons. The summed E-state index contributed by atoms with van der Waals surface area (Å²) in [5.41, 5.74) is 5.54. The number of hydrogen-bond donors (Lipinski definition) is 0. The van der Waals surface area contributed by atoms with Gasteiger partial charge in [0, 0.05) is 96.5 Å². The van der Waals surface area contributed by atoms with Crippen LogP contribution in [0.2, 0.25) is 5.28 Å². The Kier molecular flexibility index (Phi) is 11.2. The molecule has 0 saturated heterocycles. The molecule has 0 aliphatic rings. The topological polar surface area (TPSA) is 30.7 Å². The van der Waals surface area contributed by atoms with E-state index < -0.39 is 0 Å². The Morgan fingerprint density at radius 1 is 0.439 bits per heavy atom. The molecule has 14 aromatic rings. The molecule has 14 rings (SSSR count). The lowest BCUT2D eigenvalue weighted by Gasteiger charge is -2.07. The highest BCUT2D eigenvalue weighted by Crippen LogP contribution is 2.48. The van der Waals surface area contributed by atoms with E-state index in [0.717, 1.165) is 26.9 Å². The molecule has 0 amide bonds. The van der Waals surface area contributed by atoms with Crippen LogP contribution in [-0.2, 0) is 7.05 Å². The predicted octanol–water partition coefficient (Wildman–Crippen LogP) is 19.1. The van der Waals surface area contributed by atoms with Crippen molar-refractivity contribution in [3.8, 4) is 11.3 Å². The van der Waals surface area contributed by atoms with E-state index in [1.165, 1.54) is 106 Å². The molecule has 0 bridgehead atoms. The Morgan fingerprint density at radius 2 is 0.939 bits per heavy atom. The summed E-state index contributed by atoms with van der Waals surface area (Å²) in [6, 6.07) is 58.8. The number of thiophene rings is 3. The van der Waals surface area contributed by atoms with E-state index in [4.69, 9.17) is 21.6 Å². The summed E-state index contributed by atoms with van der Waals surface area (Å²) < 4.78 is 10.0. The van der Waals surface area contributed by atoms with Crippen molar-refractivity contribution in [1.29, 1.82) is 0 Å². The van der Waals surface area contributed by atoms with Gasteiger partial charge < -0.3 is 4.57 Å². The Hall–Kier alpha value is -6.38. The third-order valence-electron chi connectivity index (χ3n) is 12.5. The lowest BCUT2D eigenvalue weighted by molar-refractivity contribution is 1.02. The fraction of sp³-hybridized carbons (Fsp3) is 0.0690. The van der Waals surface area contributed by atoms with E-state index in [1.807, 2.05) is 48.7 Å². The summed E-state index contributed by atoms with van der Waals surface area (Å²) >= 11 is 16.7. The Balaban J connectivity index is 0.000000136. The van der Waals surface area contributed by atoms with Crippen LogP contribution < -0.4 is 0 Å². The van der Waals surface area contributed by atoms with Crippen LogP contribution in [0.3, 0.4) is 0 Å². The quantitative estimate of drug-likeness (QED) is 0.0710. The highest BCUT2D eigenvalue weighted by molar-refractivity contribution is 7.28. The first kappa shape index (κ1) is 42.3. The predicted molar refractivity (Wildman–Crippen MR) is 296 cm³/mol. The number of nitrogens with zero attached hydrogens (tertiary/aromatic N) is 3. The monoisotopic (exact) mass is 945 g/mol. The summed E-state index contributed by atoms with van der Waals surface area (Å²) in [5.74, 6) is 0. The third kappa shape index (κ3) is 6.73. The molecule has 0 atom stereocenters. The minimum absolute atomic E-state index is 0.278. The van der Waals surface area contributed by atoms with Gasteiger partial charge in [-0.15, -0.1) is 45.6 Å². The van der Waals surface area contributed by atoms with Crippen molar-refractivity contribution in [3.63, 3.8) is 0 Å². The van der Waals surface area contributed by atoms with Crippen molar-refractivity contribution in [2.24, 2.45) is 7.05 Å². The number of halogens is 2. The molecule has 0 radical (unpaired) electrons. The second-order valence-corrected chi connectivity index (χ2v) is 19.5. The van der Waals surface area contributed by atoms with E-state index in [0.29, 0.717) is 0 Å². The second kappa shape index (κ2) is 17.4. The van der Waals surface area contributed by atoms with E-state index in [-0.39, 0.29) is 5.28 Å². The molecule has 9 aromatic carbocycles. The van der Waals surface area contributed by atoms with Crippen LogP contribution in [0.5, 0.6) is 0 Å². The molecule has 0 fully saturated rings. The number of fused-ring (bicyclic) bond motifs is 21. The van der Waals surface area contributed by atoms with Crippen LogP contribution in [0, 0.1) is 0 Å². The third-order valence-corrected chi connectivity index (χ3v) is 16.3. The average molecular weight is 947 g/mol. The van der Waals surface area contributed by atoms with Gasteiger partial charge in [0.2, 0.25) is 5.28 Å². The minimum atomic E-state index is 0.278. The highest BCUT2D eigenvalue weighted by atomic mass is 35.5. The van der Waals surface area contributed by atoms with Gasteiger partial charge in [-0.3, -0.25) is 0 Å². The fourth-order valence-electron chi connectivity index (χ4n) is 9.64. The molecular formula is C58H41Cl2N3S3. The smallest absolute Gasteiger partial charge is 0.223 e. The van der Waals surface area contributed by atoms with Crippen molar-refractivity contribution >= 4 is 172 Å². The van der Waals surface area contributed by atoms with Crippen molar-refractivity contribution < 1.29 is 0 Å². The van der Waals surface area contributed by atoms with Crippen LogP contribution >= 0.6 is 57.2 Å². The lowest BCUT2D eigenvalue weighted by atomic mass is 9.98. The van der Waals surface area contributed by atoms with Crippen LogP contribution in [0.1, 0.15) is 13.8 Å². The molecule has 0 unspecified atom stereocenters. The molecule has 8 heteroatoms. The average Bonchev–Trinajstić information content (AvgIpc) is 4.14. The maximum absolute atomic E-state index is 6.58. The zero-order chi connectivity index (χ0) is 45.1. The van der Waals surface area contributed by atoms with Gasteiger partial charge in [0.15, 0.2) is 0 Å². The van der Waals surface area contributed by atoms with E-state index in [2.05, 4.69) is 187 Å². The van der Waals surface area contributed by atoms with Gasteiger partial charge in [0.05, 0.1) is 21.4 Å². The van der Waals surface area contributed by atoms with E-state index in [1.54, 1.807) is 11.3 Å². The Bertz CT molecular complexity index is 4210. The van der Waals surface area contributed by atoms with Gasteiger partial charge in [-0.2, -0.15) is 0 Å². The molecule has 3 nitrogen and oxygen atoms in total. The second-order valence-electron chi connectivity index (χ2n) is 16.0. The Morgan fingerprint density at radius 3 is 1.62 bits per heavy atom. The van der Waals surface area contributed by atoms with Gasteiger partial charge in [0.1, 0.15) is 0 Å². The zero-order valence-corrected chi connectivity index (χ0v) is 40.5. The molecule has 5 heterocycles. The van der Waals surface area contributed by atoms with Gasteiger partial charge in [0.25, 0.3) is 0 Å². The van der Waals surface area contributed by atoms with Crippen molar-refractivity contribution in [1.82, 2.24) is 14.5 Å². The lowest BCUT2D eigenvalue weighted by Crippen LogP contribution is -1.89. The summed E-state index contributed by atoms with van der Waals surface area (Å²) in [6.07, 6.45) is 5.47. The molecule has 0 aliphatic carbocycles. The van der Waals surface area contributed by atoms with Crippen molar-refractivity contribution in [3.05, 3.63) is 181 Å². The summed E-state index contributed by atoms with van der Waals surface area (Å²) in [5, 5.41) is 17.1. The number of alkyl halides is 1. The van der Waals surface area contributed by atoms with Gasteiger partial charge in [-0.05, 0) is 77.3 Å². The fourth-order valence-corrected chi connectivity index (χ4v) is 13.4. The van der Waals surface area contributed by atoms with Crippen LogP contribution in [0.25, 0.3) is 126 Å². The largest absolute Gasteiger partial charge is 0.343 e. The summed E-state index contributed by atoms with van der Waals surface area (Å²) in [6.45, 7) is 4.00. The van der Waals surface area contributed by atoms with Crippen molar-refractivity contribution in [2.45, 2.75) is 13.8 Å².